The highest BCUT2D eigenvalue weighted by Gasteiger charge is 2.24. The summed E-state index contributed by atoms with van der Waals surface area (Å²) in [6.45, 7) is 1.85. The predicted octanol–water partition coefficient (Wildman–Crippen LogP) is 3.34. The fourth-order valence-electron chi connectivity index (χ4n) is 3.06. The van der Waals surface area contributed by atoms with Crippen LogP contribution in [0.3, 0.4) is 0 Å². The van der Waals surface area contributed by atoms with Gasteiger partial charge in [-0.1, -0.05) is 18.9 Å². The number of carbonyl (C=O) groups excluding carboxylic acids is 1. The number of rotatable bonds is 5. The second kappa shape index (κ2) is 9.08. The van der Waals surface area contributed by atoms with Gasteiger partial charge in [-0.3, -0.25) is 4.79 Å². The third-order valence-corrected chi connectivity index (χ3v) is 4.47. The Morgan fingerprint density at radius 2 is 2.13 bits per heavy atom. The number of nitrogens with one attached hydrogen (secondary N) is 1. The molecule has 1 aliphatic carbocycles. The molecule has 1 aromatic rings. The lowest BCUT2D eigenvalue weighted by Gasteiger charge is -2.28. The summed E-state index contributed by atoms with van der Waals surface area (Å²) in [6, 6.07) is 4.61. The predicted molar refractivity (Wildman–Crippen MR) is 91.3 cm³/mol. The molecular weight excluding hydrogens is 319 g/mol. The van der Waals surface area contributed by atoms with Gasteiger partial charge in [0.15, 0.2) is 11.6 Å². The zero-order valence-electron chi connectivity index (χ0n) is 13.7. The number of carbonyl (C=O) groups is 1. The summed E-state index contributed by atoms with van der Waals surface area (Å²) in [5.41, 5.74) is 6.80. The van der Waals surface area contributed by atoms with Crippen molar-refractivity contribution >= 4 is 18.3 Å². The van der Waals surface area contributed by atoms with Crippen molar-refractivity contribution in [1.29, 1.82) is 0 Å². The molecule has 1 aromatic carbocycles. The van der Waals surface area contributed by atoms with E-state index in [2.05, 4.69) is 5.32 Å². The molecule has 0 spiro atoms. The molecule has 1 aliphatic rings. The summed E-state index contributed by atoms with van der Waals surface area (Å²) < 4.78 is 18.6. The van der Waals surface area contributed by atoms with Gasteiger partial charge in [0.1, 0.15) is 0 Å². The number of nitrogens with two attached hydrogens (primary N) is 1. The lowest BCUT2D eigenvalue weighted by molar-refractivity contribution is -0.123. The van der Waals surface area contributed by atoms with Gasteiger partial charge in [-0.2, -0.15) is 0 Å². The molecule has 0 aromatic heterocycles. The summed E-state index contributed by atoms with van der Waals surface area (Å²) in [5.74, 6) is 0.0190. The topological polar surface area (TPSA) is 64.3 Å². The van der Waals surface area contributed by atoms with Crippen molar-refractivity contribution in [2.24, 2.45) is 11.7 Å². The fraction of sp³-hybridized carbons (Fsp3) is 0.588. The lowest BCUT2D eigenvalue weighted by atomic mass is 9.83. The average molecular weight is 345 g/mol. The molecule has 6 heteroatoms. The van der Waals surface area contributed by atoms with Crippen molar-refractivity contribution in [1.82, 2.24) is 5.32 Å². The largest absolute Gasteiger partial charge is 0.494 e. The van der Waals surface area contributed by atoms with E-state index in [9.17, 15) is 9.18 Å². The van der Waals surface area contributed by atoms with Crippen molar-refractivity contribution in [2.45, 2.75) is 51.1 Å². The second-order valence-electron chi connectivity index (χ2n) is 6.10. The maximum Gasteiger partial charge on any atom is 0.220 e. The van der Waals surface area contributed by atoms with Crippen LogP contribution in [-0.4, -0.2) is 19.1 Å². The van der Waals surface area contributed by atoms with Crippen LogP contribution in [0.15, 0.2) is 18.2 Å². The standard InChI is InChI=1S/C17H25FN2O2.ClH/c1-11(12-7-8-16(22-2)14(18)9-12)20-17(21)10-13-5-3-4-6-15(13)19;/h7-9,11,13,15H,3-6,10,19H2,1-2H3,(H,20,21);1H. The Hall–Kier alpha value is -1.33. The minimum absolute atomic E-state index is 0. The Labute approximate surface area is 143 Å². The highest BCUT2D eigenvalue weighted by molar-refractivity contribution is 5.85. The number of hydrogen-bond acceptors (Lipinski definition) is 3. The van der Waals surface area contributed by atoms with Gasteiger partial charge in [-0.15, -0.1) is 12.4 Å². The Morgan fingerprint density at radius 3 is 2.74 bits per heavy atom. The van der Waals surface area contributed by atoms with Crippen LogP contribution in [0.25, 0.3) is 0 Å². The molecule has 0 radical (unpaired) electrons. The Bertz CT molecular complexity index is 527. The molecule has 0 bridgehead atoms. The molecule has 2 rings (SSSR count). The van der Waals surface area contributed by atoms with Gasteiger partial charge in [0.2, 0.25) is 5.91 Å². The molecular formula is C17H26ClFN2O2. The van der Waals surface area contributed by atoms with Crippen LogP contribution in [0.5, 0.6) is 5.75 Å². The monoisotopic (exact) mass is 344 g/mol. The first-order chi connectivity index (χ1) is 10.5. The second-order valence-corrected chi connectivity index (χ2v) is 6.10. The zero-order chi connectivity index (χ0) is 16.1. The zero-order valence-corrected chi connectivity index (χ0v) is 14.5. The average Bonchev–Trinajstić information content (AvgIpc) is 2.49. The van der Waals surface area contributed by atoms with Gasteiger partial charge in [0.25, 0.3) is 0 Å². The van der Waals surface area contributed by atoms with Gasteiger partial charge in [-0.25, -0.2) is 4.39 Å². The molecule has 130 valence electrons. The Kier molecular flexibility index (Phi) is 7.79. The van der Waals surface area contributed by atoms with Crippen molar-refractivity contribution in [3.8, 4) is 5.75 Å². The fourth-order valence-corrected chi connectivity index (χ4v) is 3.06. The van der Waals surface area contributed by atoms with E-state index in [1.165, 1.54) is 13.2 Å². The number of methoxy groups -OCH3 is 1. The van der Waals surface area contributed by atoms with Crippen molar-refractivity contribution in [2.75, 3.05) is 7.11 Å². The maximum absolute atomic E-state index is 13.7. The first-order valence-electron chi connectivity index (χ1n) is 7.89. The van der Waals surface area contributed by atoms with E-state index in [0.717, 1.165) is 31.2 Å². The number of amides is 1. The molecule has 0 heterocycles. The molecule has 23 heavy (non-hydrogen) atoms. The molecule has 1 saturated carbocycles. The number of ether oxygens (including phenoxy) is 1. The van der Waals surface area contributed by atoms with Crippen molar-refractivity contribution in [3.05, 3.63) is 29.6 Å². The lowest BCUT2D eigenvalue weighted by Crippen LogP contribution is -2.37. The van der Waals surface area contributed by atoms with E-state index >= 15 is 0 Å². The van der Waals surface area contributed by atoms with Crippen molar-refractivity contribution in [3.63, 3.8) is 0 Å². The van der Waals surface area contributed by atoms with Gasteiger partial charge >= 0.3 is 0 Å². The van der Waals surface area contributed by atoms with Crippen LogP contribution < -0.4 is 15.8 Å². The Balaban J connectivity index is 0.00000264. The minimum Gasteiger partial charge on any atom is -0.494 e. The molecule has 3 atom stereocenters. The number of benzene rings is 1. The maximum atomic E-state index is 13.7. The van der Waals surface area contributed by atoms with Crippen LogP contribution >= 0.6 is 12.4 Å². The third kappa shape index (κ3) is 5.36. The smallest absolute Gasteiger partial charge is 0.220 e. The van der Waals surface area contributed by atoms with Gasteiger partial charge in [0, 0.05) is 12.5 Å². The summed E-state index contributed by atoms with van der Waals surface area (Å²) >= 11 is 0. The summed E-state index contributed by atoms with van der Waals surface area (Å²) in [4.78, 5) is 12.2. The summed E-state index contributed by atoms with van der Waals surface area (Å²) in [7, 11) is 1.43. The highest BCUT2D eigenvalue weighted by atomic mass is 35.5. The molecule has 1 fully saturated rings. The first kappa shape index (κ1) is 19.7. The van der Waals surface area contributed by atoms with E-state index in [0.29, 0.717) is 6.42 Å². The quantitative estimate of drug-likeness (QED) is 0.861. The summed E-state index contributed by atoms with van der Waals surface area (Å²) in [5, 5.41) is 2.93. The van der Waals surface area contributed by atoms with E-state index in [4.69, 9.17) is 10.5 Å². The molecule has 3 N–H and O–H groups in total. The SMILES string of the molecule is COc1ccc(C(C)NC(=O)CC2CCCCC2N)cc1F.Cl. The van der Waals surface area contributed by atoms with Crippen LogP contribution in [0.2, 0.25) is 0 Å². The van der Waals surface area contributed by atoms with Crippen LogP contribution in [-0.2, 0) is 4.79 Å². The van der Waals surface area contributed by atoms with Crippen LogP contribution in [0.1, 0.15) is 50.6 Å². The van der Waals surface area contributed by atoms with Crippen LogP contribution in [0.4, 0.5) is 4.39 Å². The number of halogens is 2. The van der Waals surface area contributed by atoms with Gasteiger partial charge < -0.3 is 15.8 Å². The molecule has 0 saturated heterocycles. The highest BCUT2D eigenvalue weighted by Crippen LogP contribution is 2.26. The molecule has 4 nitrogen and oxygen atoms in total. The normalized spacial score (nSPS) is 21.9. The van der Waals surface area contributed by atoms with E-state index in [1.54, 1.807) is 12.1 Å². The number of hydrogen-bond donors (Lipinski definition) is 2. The first-order valence-corrected chi connectivity index (χ1v) is 7.89. The minimum atomic E-state index is -0.421. The molecule has 3 unspecified atom stereocenters. The van der Waals surface area contributed by atoms with Gasteiger partial charge in [-0.05, 0) is 43.4 Å². The van der Waals surface area contributed by atoms with E-state index in [1.807, 2.05) is 6.92 Å². The molecule has 1 amide bonds. The Morgan fingerprint density at radius 1 is 1.43 bits per heavy atom. The third-order valence-electron chi connectivity index (χ3n) is 4.47. The van der Waals surface area contributed by atoms with E-state index < -0.39 is 5.82 Å². The molecule has 0 aliphatic heterocycles. The van der Waals surface area contributed by atoms with Crippen molar-refractivity contribution < 1.29 is 13.9 Å². The van der Waals surface area contributed by atoms with Crippen LogP contribution in [0, 0.1) is 11.7 Å². The van der Waals surface area contributed by atoms with E-state index in [-0.39, 0.29) is 42.1 Å². The summed E-state index contributed by atoms with van der Waals surface area (Å²) in [6.07, 6.45) is 4.76. The van der Waals surface area contributed by atoms with Gasteiger partial charge in [0.05, 0.1) is 13.2 Å².